The lowest BCUT2D eigenvalue weighted by atomic mass is 10.1. The first-order valence-electron chi connectivity index (χ1n) is 14.4. The van der Waals surface area contributed by atoms with Crippen molar-refractivity contribution in [2.45, 2.75) is 31.2 Å². The van der Waals surface area contributed by atoms with E-state index in [4.69, 9.17) is 4.74 Å². The summed E-state index contributed by atoms with van der Waals surface area (Å²) in [4.78, 5) is 44.2. The fourth-order valence-corrected chi connectivity index (χ4v) is 5.80. The molecule has 0 aliphatic carbocycles. The van der Waals surface area contributed by atoms with Crippen molar-refractivity contribution in [2.75, 3.05) is 11.9 Å². The fourth-order valence-electron chi connectivity index (χ4n) is 4.60. The lowest BCUT2D eigenvalue weighted by molar-refractivity contribution is -0.126. The van der Waals surface area contributed by atoms with Crippen molar-refractivity contribution in [1.82, 2.24) is 10.2 Å². The van der Waals surface area contributed by atoms with Gasteiger partial charge in [0.25, 0.3) is 0 Å². The molecule has 3 amide bonds. The van der Waals surface area contributed by atoms with Crippen LogP contribution in [0.2, 0.25) is 0 Å². The van der Waals surface area contributed by atoms with Crippen molar-refractivity contribution in [2.24, 2.45) is 4.99 Å². The predicted octanol–water partition coefficient (Wildman–Crippen LogP) is 7.04. The van der Waals surface area contributed by atoms with Crippen molar-refractivity contribution >= 4 is 46.2 Å². The van der Waals surface area contributed by atoms with Crippen LogP contribution in [-0.2, 0) is 27.4 Å². The molecule has 1 heterocycles. The van der Waals surface area contributed by atoms with Crippen LogP contribution in [0.1, 0.15) is 28.9 Å². The zero-order valence-electron chi connectivity index (χ0n) is 24.9. The summed E-state index contributed by atoms with van der Waals surface area (Å²) in [5.41, 5.74) is 1.88. The van der Waals surface area contributed by atoms with Gasteiger partial charge >= 0.3 is 6.09 Å². The maximum absolute atomic E-state index is 14.4. The lowest BCUT2D eigenvalue weighted by Crippen LogP contribution is -2.41. The number of benzene rings is 4. The molecule has 5 rings (SSSR count). The Balaban J connectivity index is 1.25. The van der Waals surface area contributed by atoms with Crippen LogP contribution in [0, 0.1) is 23.3 Å². The standard InChI is InChI=1S/C34H28F4N4O4S/c1-20(39-34(45)46-19-21-6-3-2-4-7-21)31(43)40-25-13-10-23(11-14-25)30-32(44)42(17-16-22-12-15-27(36)29(38)28(22)37)33(47-30)41-26-9-5-8-24(35)18-26/h2-15,18,20,30H,16-17,19H2,1H3,(H,39,45)(H,40,43)/t20-,30?/m1/s1. The normalized spacial score (nSPS) is 15.9. The molecule has 2 N–H and O–H groups in total. The van der Waals surface area contributed by atoms with Crippen LogP contribution >= 0.6 is 11.8 Å². The smallest absolute Gasteiger partial charge is 0.408 e. The Bertz CT molecular complexity index is 1810. The van der Waals surface area contributed by atoms with Crippen LogP contribution in [0.25, 0.3) is 0 Å². The molecule has 0 spiro atoms. The average molecular weight is 665 g/mol. The molecule has 1 aliphatic rings. The van der Waals surface area contributed by atoms with Gasteiger partial charge in [-0.1, -0.05) is 66.4 Å². The summed E-state index contributed by atoms with van der Waals surface area (Å²) < 4.78 is 60.6. The number of nitrogens with zero attached hydrogens (tertiary/aromatic N) is 2. The highest BCUT2D eigenvalue weighted by atomic mass is 32.2. The van der Waals surface area contributed by atoms with Gasteiger partial charge in [0, 0.05) is 12.2 Å². The number of aliphatic imine (C=N–C) groups is 1. The van der Waals surface area contributed by atoms with Gasteiger partial charge in [-0.2, -0.15) is 0 Å². The summed E-state index contributed by atoms with van der Waals surface area (Å²) in [5, 5.41) is 4.59. The highest BCUT2D eigenvalue weighted by molar-refractivity contribution is 8.15. The van der Waals surface area contributed by atoms with Crippen LogP contribution in [0.5, 0.6) is 0 Å². The van der Waals surface area contributed by atoms with E-state index in [1.54, 1.807) is 42.5 Å². The predicted molar refractivity (Wildman–Crippen MR) is 170 cm³/mol. The van der Waals surface area contributed by atoms with Crippen LogP contribution in [0.3, 0.4) is 0 Å². The van der Waals surface area contributed by atoms with E-state index in [0.717, 1.165) is 29.5 Å². The van der Waals surface area contributed by atoms with Gasteiger partial charge in [0.05, 0.1) is 5.69 Å². The first-order chi connectivity index (χ1) is 22.6. The molecule has 4 aromatic rings. The third kappa shape index (κ3) is 8.36. The molecule has 8 nitrogen and oxygen atoms in total. The third-order valence-electron chi connectivity index (χ3n) is 7.12. The van der Waals surface area contributed by atoms with Gasteiger partial charge in [0.1, 0.15) is 23.7 Å². The van der Waals surface area contributed by atoms with Crippen LogP contribution in [0.15, 0.2) is 96.0 Å². The Morgan fingerprint density at radius 1 is 0.936 bits per heavy atom. The molecule has 0 bridgehead atoms. The quantitative estimate of drug-likeness (QED) is 0.140. The van der Waals surface area contributed by atoms with E-state index in [9.17, 15) is 31.9 Å². The Labute approximate surface area is 271 Å². The third-order valence-corrected chi connectivity index (χ3v) is 8.35. The number of hydrogen-bond acceptors (Lipinski definition) is 6. The summed E-state index contributed by atoms with van der Waals surface area (Å²) in [6.07, 6.45) is -0.891. The molecule has 4 aromatic carbocycles. The first kappa shape index (κ1) is 33.2. The zero-order chi connectivity index (χ0) is 33.5. The Hall–Kier alpha value is -5.17. The van der Waals surface area contributed by atoms with Gasteiger partial charge in [0.2, 0.25) is 11.8 Å². The van der Waals surface area contributed by atoms with Crippen molar-refractivity contribution in [3.63, 3.8) is 0 Å². The summed E-state index contributed by atoms with van der Waals surface area (Å²) in [5.74, 6) is -5.69. The summed E-state index contributed by atoms with van der Waals surface area (Å²) >= 11 is 1.09. The fraction of sp³-hybridized carbons (Fsp3) is 0.176. The molecule has 0 saturated carbocycles. The Kier molecular flexibility index (Phi) is 10.6. The minimum absolute atomic E-state index is 0.0497. The molecule has 1 unspecified atom stereocenters. The average Bonchev–Trinajstić information content (AvgIpc) is 3.37. The SMILES string of the molecule is C[C@@H](NC(=O)OCc1ccccc1)C(=O)Nc1ccc(C2SC(=Nc3cccc(F)c3)N(CCc3ccc(F)c(F)c3F)C2=O)cc1. The second-order valence-corrected chi connectivity index (χ2v) is 11.6. The molecule has 1 saturated heterocycles. The molecular formula is C34H28F4N4O4S. The van der Waals surface area contributed by atoms with Crippen LogP contribution in [0.4, 0.5) is 33.7 Å². The molecule has 2 atom stereocenters. The van der Waals surface area contributed by atoms with Crippen LogP contribution in [-0.4, -0.2) is 40.6 Å². The summed E-state index contributed by atoms with van der Waals surface area (Å²) in [7, 11) is 0. The van der Waals surface area contributed by atoms with Gasteiger partial charge < -0.3 is 15.4 Å². The minimum Gasteiger partial charge on any atom is -0.445 e. The number of ether oxygens (including phenoxy) is 1. The molecule has 1 fully saturated rings. The van der Waals surface area contributed by atoms with Gasteiger partial charge in [-0.25, -0.2) is 27.3 Å². The van der Waals surface area contributed by atoms with E-state index < -0.39 is 52.5 Å². The van der Waals surface area contributed by atoms with E-state index in [0.29, 0.717) is 11.3 Å². The van der Waals surface area contributed by atoms with E-state index in [2.05, 4.69) is 15.6 Å². The zero-order valence-corrected chi connectivity index (χ0v) is 25.7. The molecule has 242 valence electrons. The summed E-state index contributed by atoms with van der Waals surface area (Å²) in [6.45, 7) is 1.45. The molecule has 0 aromatic heterocycles. The minimum atomic E-state index is -1.60. The topological polar surface area (TPSA) is 100 Å². The largest absolute Gasteiger partial charge is 0.445 e. The highest BCUT2D eigenvalue weighted by Gasteiger charge is 2.39. The molecular weight excluding hydrogens is 636 g/mol. The number of rotatable bonds is 10. The number of alkyl carbamates (subject to hydrolysis) is 1. The first-order valence-corrected chi connectivity index (χ1v) is 15.3. The molecule has 13 heteroatoms. The van der Waals surface area contributed by atoms with E-state index in [-0.39, 0.29) is 36.0 Å². The van der Waals surface area contributed by atoms with Gasteiger partial charge in [-0.15, -0.1) is 0 Å². The number of amidine groups is 1. The van der Waals surface area contributed by atoms with Crippen LogP contribution < -0.4 is 10.6 Å². The number of carbonyl (C=O) groups excluding carboxylic acids is 3. The van der Waals surface area contributed by atoms with Crippen molar-refractivity contribution in [3.05, 3.63) is 131 Å². The number of anilines is 1. The Morgan fingerprint density at radius 3 is 2.40 bits per heavy atom. The number of hydrogen-bond donors (Lipinski definition) is 2. The Morgan fingerprint density at radius 2 is 1.68 bits per heavy atom. The van der Waals surface area contributed by atoms with Gasteiger partial charge in [0.15, 0.2) is 22.6 Å². The monoisotopic (exact) mass is 664 g/mol. The van der Waals surface area contributed by atoms with Crippen molar-refractivity contribution in [3.8, 4) is 0 Å². The maximum Gasteiger partial charge on any atom is 0.408 e. The second kappa shape index (κ2) is 14.9. The molecule has 47 heavy (non-hydrogen) atoms. The van der Waals surface area contributed by atoms with E-state index in [1.165, 1.54) is 30.0 Å². The van der Waals surface area contributed by atoms with Crippen molar-refractivity contribution in [1.29, 1.82) is 0 Å². The number of carbonyl (C=O) groups is 3. The highest BCUT2D eigenvalue weighted by Crippen LogP contribution is 2.41. The molecule has 0 radical (unpaired) electrons. The number of halogens is 4. The van der Waals surface area contributed by atoms with Gasteiger partial charge in [-0.3, -0.25) is 14.5 Å². The number of thioether (sulfide) groups is 1. The maximum atomic E-state index is 14.4. The summed E-state index contributed by atoms with van der Waals surface area (Å²) in [6, 6.07) is 22.0. The number of amides is 3. The van der Waals surface area contributed by atoms with E-state index >= 15 is 0 Å². The lowest BCUT2D eigenvalue weighted by Gasteiger charge is -2.17. The molecule has 1 aliphatic heterocycles. The van der Waals surface area contributed by atoms with Crippen molar-refractivity contribution < 1.29 is 36.7 Å². The van der Waals surface area contributed by atoms with Gasteiger partial charge in [-0.05, 0) is 66.4 Å². The van der Waals surface area contributed by atoms with E-state index in [1.807, 2.05) is 18.2 Å². The number of nitrogens with one attached hydrogen (secondary N) is 2. The second-order valence-electron chi connectivity index (χ2n) is 10.5.